The number of hydrogen-bond donors (Lipinski definition) is 0. The van der Waals surface area contributed by atoms with Crippen LogP contribution in [-0.4, -0.2) is 4.57 Å². The molecule has 0 radical (unpaired) electrons. The van der Waals surface area contributed by atoms with Crippen molar-refractivity contribution in [1.82, 2.24) is 4.57 Å². The lowest BCUT2D eigenvalue weighted by Gasteiger charge is -2.35. The average molecular weight is 711 g/mol. The second-order valence-electron chi connectivity index (χ2n) is 14.4. The number of aromatic nitrogens is 1. The van der Waals surface area contributed by atoms with Gasteiger partial charge in [-0.25, -0.2) is 8.78 Å². The smallest absolute Gasteiger partial charge is 0.123 e. The number of fused-ring (bicyclic) bond motifs is 1. The lowest BCUT2D eigenvalue weighted by atomic mass is 9.87. The van der Waals surface area contributed by atoms with Gasteiger partial charge >= 0.3 is 0 Å². The summed E-state index contributed by atoms with van der Waals surface area (Å²) in [5.74, 6) is -0.578. The fourth-order valence-electron chi connectivity index (χ4n) is 8.34. The van der Waals surface area contributed by atoms with Gasteiger partial charge in [-0.05, 0) is 169 Å². The monoisotopic (exact) mass is 710 g/mol. The van der Waals surface area contributed by atoms with Crippen LogP contribution in [0, 0.1) is 0 Å². The number of nitrogens with zero attached hydrogens (tertiary/aromatic N) is 2. The molecule has 2 aliphatic carbocycles. The third-order valence-corrected chi connectivity index (χ3v) is 10.8. The molecule has 0 bridgehead atoms. The van der Waals surface area contributed by atoms with Crippen LogP contribution in [0.25, 0.3) is 45.1 Å². The molecule has 8 rings (SSSR count). The molecular formula is C50H44F2N2. The van der Waals surface area contributed by atoms with Gasteiger partial charge in [-0.3, -0.25) is 0 Å². The van der Waals surface area contributed by atoms with E-state index in [0.29, 0.717) is 0 Å². The first-order chi connectivity index (χ1) is 26.4. The normalized spacial score (nSPS) is 16.0. The Balaban J connectivity index is 1.41. The average Bonchev–Trinajstić information content (AvgIpc) is 3.58. The van der Waals surface area contributed by atoms with Crippen LogP contribution in [-0.2, 0) is 12.8 Å². The van der Waals surface area contributed by atoms with E-state index in [9.17, 15) is 8.78 Å². The van der Waals surface area contributed by atoms with Crippen molar-refractivity contribution in [2.45, 2.75) is 58.3 Å². The second-order valence-corrected chi connectivity index (χ2v) is 14.4. The van der Waals surface area contributed by atoms with Crippen LogP contribution in [0.1, 0.15) is 62.3 Å². The van der Waals surface area contributed by atoms with Crippen molar-refractivity contribution < 1.29 is 8.78 Å². The number of rotatable bonds is 9. The first-order valence-electron chi connectivity index (χ1n) is 19.0. The standard InChI is InChI=1S/C50H44F2N2/c1-4-43(52)28-42-33-53(49-22-14-12-21-48(42)49)45-29-40(39-26-37(35-16-8-6-9-17-35)25-38(27-39)36-18-10-7-11-19-36)30-46(32-45)54-44(5-2)31-41(24-34(3)51)47-20-13-15-23-50(47)54/h4-11,16-19,24-30,32-33H,1-2,12-15,20-23H2,3H3/b34-24+,43-28+. The van der Waals surface area contributed by atoms with Gasteiger partial charge in [-0.15, -0.1) is 0 Å². The Morgan fingerprint density at radius 3 is 1.91 bits per heavy atom. The molecule has 0 atom stereocenters. The number of anilines is 1. The number of allylic oxidation sites excluding steroid dienone is 7. The molecule has 2 nitrogen and oxygen atoms in total. The highest BCUT2D eigenvalue weighted by Gasteiger charge is 2.28. The summed E-state index contributed by atoms with van der Waals surface area (Å²) in [6.45, 7) is 9.37. The first-order valence-corrected chi connectivity index (χ1v) is 19.0. The van der Waals surface area contributed by atoms with Crippen LogP contribution < -0.4 is 4.90 Å². The van der Waals surface area contributed by atoms with Crippen molar-refractivity contribution in [3.63, 3.8) is 0 Å². The fourth-order valence-corrected chi connectivity index (χ4v) is 8.34. The number of hydrogen-bond acceptors (Lipinski definition) is 1. The zero-order chi connectivity index (χ0) is 37.2. The predicted molar refractivity (Wildman–Crippen MR) is 222 cm³/mol. The van der Waals surface area contributed by atoms with Crippen molar-refractivity contribution >= 4 is 11.8 Å². The van der Waals surface area contributed by atoms with Crippen LogP contribution >= 0.6 is 0 Å². The van der Waals surface area contributed by atoms with Crippen LogP contribution in [0.5, 0.6) is 0 Å². The molecular weight excluding hydrogens is 667 g/mol. The molecule has 5 aromatic rings. The molecule has 0 fully saturated rings. The van der Waals surface area contributed by atoms with E-state index >= 15 is 0 Å². The Morgan fingerprint density at radius 1 is 0.667 bits per heavy atom. The summed E-state index contributed by atoms with van der Waals surface area (Å²) in [5, 5.41) is 0. The van der Waals surface area contributed by atoms with E-state index in [2.05, 4.69) is 119 Å². The molecule has 0 N–H and O–H groups in total. The largest absolute Gasteiger partial charge is 0.320 e. The van der Waals surface area contributed by atoms with E-state index in [0.717, 1.165) is 119 Å². The van der Waals surface area contributed by atoms with Gasteiger partial charge in [-0.1, -0.05) is 79.6 Å². The number of benzene rings is 4. The summed E-state index contributed by atoms with van der Waals surface area (Å²) in [5.41, 5.74) is 19.4. The quantitative estimate of drug-likeness (QED) is 0.109. The maximum absolute atomic E-state index is 14.8. The Morgan fingerprint density at radius 2 is 1.26 bits per heavy atom. The molecule has 2 heterocycles. The lowest BCUT2D eigenvalue weighted by Crippen LogP contribution is -2.26. The minimum Gasteiger partial charge on any atom is -0.320 e. The molecule has 1 aromatic heterocycles. The van der Waals surface area contributed by atoms with Crippen molar-refractivity contribution in [3.8, 4) is 39.1 Å². The molecule has 4 aromatic carbocycles. The van der Waals surface area contributed by atoms with Crippen LogP contribution in [0.4, 0.5) is 14.5 Å². The minimum atomic E-state index is -0.341. The molecule has 3 aliphatic rings. The Kier molecular flexibility index (Phi) is 9.87. The predicted octanol–water partition coefficient (Wildman–Crippen LogP) is 14.0. The summed E-state index contributed by atoms with van der Waals surface area (Å²) in [4.78, 5) is 2.28. The van der Waals surface area contributed by atoms with E-state index in [4.69, 9.17) is 0 Å². The molecule has 0 spiro atoms. The van der Waals surface area contributed by atoms with Gasteiger partial charge in [0.05, 0.1) is 11.5 Å². The highest BCUT2D eigenvalue weighted by molar-refractivity contribution is 5.84. The van der Waals surface area contributed by atoms with Gasteiger partial charge in [-0.2, -0.15) is 0 Å². The topological polar surface area (TPSA) is 8.17 Å². The van der Waals surface area contributed by atoms with E-state index < -0.39 is 0 Å². The van der Waals surface area contributed by atoms with E-state index in [1.54, 1.807) is 12.2 Å². The van der Waals surface area contributed by atoms with Gasteiger partial charge in [0.1, 0.15) is 5.83 Å². The Labute approximate surface area is 317 Å². The summed E-state index contributed by atoms with van der Waals surface area (Å²) in [7, 11) is 0. The van der Waals surface area contributed by atoms with Gasteiger partial charge < -0.3 is 9.47 Å². The van der Waals surface area contributed by atoms with Crippen LogP contribution in [0.2, 0.25) is 0 Å². The zero-order valence-corrected chi connectivity index (χ0v) is 30.8. The van der Waals surface area contributed by atoms with Crippen LogP contribution in [0.3, 0.4) is 0 Å². The highest BCUT2D eigenvalue weighted by atomic mass is 19.1. The fraction of sp³-hybridized carbons (Fsp3) is 0.180. The second kappa shape index (κ2) is 15.2. The van der Waals surface area contributed by atoms with E-state index in [1.807, 2.05) is 18.2 Å². The maximum Gasteiger partial charge on any atom is 0.123 e. The van der Waals surface area contributed by atoms with Gasteiger partial charge in [0.25, 0.3) is 0 Å². The Bertz CT molecular complexity index is 2370. The van der Waals surface area contributed by atoms with Gasteiger partial charge in [0.15, 0.2) is 0 Å². The molecule has 268 valence electrons. The van der Waals surface area contributed by atoms with Gasteiger partial charge in [0.2, 0.25) is 0 Å². The summed E-state index contributed by atoms with van der Waals surface area (Å²) >= 11 is 0. The van der Waals surface area contributed by atoms with Crippen molar-refractivity contribution in [2.24, 2.45) is 0 Å². The maximum atomic E-state index is 14.8. The third kappa shape index (κ3) is 6.94. The highest BCUT2D eigenvalue weighted by Crippen LogP contribution is 2.43. The first kappa shape index (κ1) is 35.1. The molecule has 0 saturated heterocycles. The SMILES string of the molecule is C=CC1=C=C(/C=C(\C)F)C2=C(CCCC2)N1c1cc(-c2cc(-c3ccccc3)cc(-c3ccccc3)c2)cc(-n2cc(/C=C(/F)C=C)c3c2CCCC3)c1. The number of halogens is 2. The van der Waals surface area contributed by atoms with Crippen molar-refractivity contribution in [3.05, 3.63) is 191 Å². The van der Waals surface area contributed by atoms with E-state index in [-0.39, 0.29) is 11.7 Å². The Hall–Kier alpha value is -5.96. The van der Waals surface area contributed by atoms with Crippen LogP contribution in [0.15, 0.2) is 175 Å². The summed E-state index contributed by atoms with van der Waals surface area (Å²) in [6.07, 6.45) is 16.2. The molecule has 0 unspecified atom stereocenters. The summed E-state index contributed by atoms with van der Waals surface area (Å²) in [6, 6.07) is 34.6. The third-order valence-electron chi connectivity index (χ3n) is 10.8. The molecule has 0 saturated carbocycles. The van der Waals surface area contributed by atoms with Crippen molar-refractivity contribution in [2.75, 3.05) is 4.90 Å². The minimum absolute atomic E-state index is 0.237. The molecule has 4 heteroatoms. The zero-order valence-electron chi connectivity index (χ0n) is 30.8. The molecule has 1 aliphatic heterocycles. The molecule has 0 amide bonds. The lowest BCUT2D eigenvalue weighted by molar-refractivity contribution is 0.635. The molecule has 54 heavy (non-hydrogen) atoms. The summed E-state index contributed by atoms with van der Waals surface area (Å²) < 4.78 is 31.5. The van der Waals surface area contributed by atoms with Gasteiger partial charge in [0, 0.05) is 34.5 Å². The van der Waals surface area contributed by atoms with Crippen molar-refractivity contribution in [1.29, 1.82) is 0 Å². The van der Waals surface area contributed by atoms with E-state index in [1.165, 1.54) is 30.0 Å².